The number of carbonyl (C=O) groups is 1. The number of nitrogens with two attached hydrogens (primary N) is 1. The molecule has 124 valence electrons. The van der Waals surface area contributed by atoms with Crippen LogP contribution >= 0.6 is 11.3 Å². The van der Waals surface area contributed by atoms with E-state index in [1.165, 1.54) is 23.5 Å². The number of rotatable bonds is 7. The second-order valence-corrected chi connectivity index (χ2v) is 7.26. The van der Waals surface area contributed by atoms with Crippen LogP contribution in [0.15, 0.2) is 40.6 Å². The maximum atomic E-state index is 11.8. The van der Waals surface area contributed by atoms with Crippen molar-refractivity contribution in [1.29, 1.82) is 0 Å². The molecular formula is C15H18N2O4S2. The Hall–Kier alpha value is -1.90. The first-order chi connectivity index (χ1) is 10.9. The number of ether oxygens (including phenoxy) is 1. The molecule has 23 heavy (non-hydrogen) atoms. The number of hydrogen-bond donors (Lipinski definition) is 2. The zero-order valence-corrected chi connectivity index (χ0v) is 14.2. The van der Waals surface area contributed by atoms with Crippen LogP contribution in [-0.4, -0.2) is 27.5 Å². The molecule has 6 nitrogen and oxygen atoms in total. The largest absolute Gasteiger partial charge is 0.491 e. The van der Waals surface area contributed by atoms with E-state index in [0.717, 1.165) is 5.56 Å². The highest BCUT2D eigenvalue weighted by molar-refractivity contribution is 7.89. The average molecular weight is 354 g/mol. The molecule has 1 aromatic carbocycles. The van der Waals surface area contributed by atoms with Gasteiger partial charge in [0.15, 0.2) is 0 Å². The highest BCUT2D eigenvalue weighted by atomic mass is 32.2. The van der Waals surface area contributed by atoms with Gasteiger partial charge in [0.25, 0.3) is 5.91 Å². The van der Waals surface area contributed by atoms with E-state index in [4.69, 9.17) is 9.88 Å². The molecule has 0 aliphatic carbocycles. The normalized spacial score (nSPS) is 11.2. The van der Waals surface area contributed by atoms with Crippen LogP contribution in [0.3, 0.4) is 0 Å². The van der Waals surface area contributed by atoms with E-state index >= 15 is 0 Å². The van der Waals surface area contributed by atoms with Crippen molar-refractivity contribution in [2.45, 2.75) is 18.2 Å². The molecule has 0 radical (unpaired) electrons. The summed E-state index contributed by atoms with van der Waals surface area (Å²) < 4.78 is 28.3. The average Bonchev–Trinajstić information content (AvgIpc) is 3.04. The molecule has 1 aromatic heterocycles. The van der Waals surface area contributed by atoms with E-state index in [0.29, 0.717) is 30.2 Å². The zero-order valence-electron chi connectivity index (χ0n) is 12.6. The van der Waals surface area contributed by atoms with E-state index in [2.05, 4.69) is 5.32 Å². The Bertz CT molecular complexity index is 771. The maximum Gasteiger partial charge on any atom is 0.261 e. The quantitative estimate of drug-likeness (QED) is 0.740. The summed E-state index contributed by atoms with van der Waals surface area (Å²) in [6, 6.07) is 8.07. The van der Waals surface area contributed by atoms with Gasteiger partial charge < -0.3 is 10.1 Å². The second-order valence-electron chi connectivity index (χ2n) is 4.75. The first kappa shape index (κ1) is 17.5. The zero-order chi connectivity index (χ0) is 16.9. The van der Waals surface area contributed by atoms with Crippen molar-refractivity contribution >= 4 is 27.3 Å². The summed E-state index contributed by atoms with van der Waals surface area (Å²) in [5.41, 5.74) is 0.751. The number of thiophene rings is 1. The fraction of sp³-hybridized carbons (Fsp3) is 0.267. The molecule has 0 atom stereocenters. The smallest absolute Gasteiger partial charge is 0.261 e. The lowest BCUT2D eigenvalue weighted by molar-refractivity contribution is 0.0951. The van der Waals surface area contributed by atoms with Crippen molar-refractivity contribution in [1.82, 2.24) is 5.32 Å². The lowest BCUT2D eigenvalue weighted by atomic mass is 10.1. The second kappa shape index (κ2) is 7.58. The highest BCUT2D eigenvalue weighted by Gasteiger charge is 2.11. The van der Waals surface area contributed by atoms with Crippen LogP contribution in [0.2, 0.25) is 0 Å². The number of amides is 1. The molecule has 0 bridgehead atoms. The molecule has 0 aliphatic heterocycles. The summed E-state index contributed by atoms with van der Waals surface area (Å²) in [6.07, 6.45) is 0.611. The lowest BCUT2D eigenvalue weighted by Crippen LogP contribution is -2.27. The standard InChI is InChI=1S/C15H18N2O4S2/c1-2-11-10-12(23(16,19)20)5-6-13(11)21-8-7-17-15(18)14-4-3-9-22-14/h3-6,9-10H,2,7-8H2,1H3,(H,17,18)(H2,16,19,20). The van der Waals surface area contributed by atoms with Gasteiger partial charge >= 0.3 is 0 Å². The van der Waals surface area contributed by atoms with Crippen molar-refractivity contribution in [2.75, 3.05) is 13.2 Å². The third-order valence-corrected chi connectivity index (χ3v) is 4.91. The molecule has 0 unspecified atom stereocenters. The van der Waals surface area contributed by atoms with Crippen LogP contribution in [-0.2, 0) is 16.4 Å². The number of nitrogens with one attached hydrogen (secondary N) is 1. The number of aryl methyl sites for hydroxylation is 1. The van der Waals surface area contributed by atoms with Crippen LogP contribution < -0.4 is 15.2 Å². The molecule has 8 heteroatoms. The Morgan fingerprint density at radius 2 is 2.13 bits per heavy atom. The van der Waals surface area contributed by atoms with Gasteiger partial charge in [-0.1, -0.05) is 13.0 Å². The van der Waals surface area contributed by atoms with Gasteiger partial charge in [-0.2, -0.15) is 0 Å². The van der Waals surface area contributed by atoms with Gasteiger partial charge in [-0.25, -0.2) is 13.6 Å². The van der Waals surface area contributed by atoms with Gasteiger partial charge in [-0.05, 0) is 41.6 Å². The molecule has 0 spiro atoms. The Kier molecular flexibility index (Phi) is 5.75. The summed E-state index contributed by atoms with van der Waals surface area (Å²) >= 11 is 1.37. The fourth-order valence-electron chi connectivity index (χ4n) is 1.97. The first-order valence-corrected chi connectivity index (χ1v) is 9.44. The third-order valence-electron chi connectivity index (χ3n) is 3.13. The van der Waals surface area contributed by atoms with Gasteiger partial charge in [-0.15, -0.1) is 11.3 Å². The van der Waals surface area contributed by atoms with Gasteiger partial charge in [-0.3, -0.25) is 4.79 Å². The van der Waals surface area contributed by atoms with E-state index in [9.17, 15) is 13.2 Å². The van der Waals surface area contributed by atoms with Gasteiger partial charge in [0, 0.05) is 0 Å². The molecule has 0 saturated carbocycles. The molecule has 2 rings (SSSR count). The topological polar surface area (TPSA) is 98.5 Å². The maximum absolute atomic E-state index is 11.8. The van der Waals surface area contributed by atoms with Crippen LogP contribution in [0.1, 0.15) is 22.2 Å². The number of sulfonamides is 1. The van der Waals surface area contributed by atoms with Crippen LogP contribution in [0.4, 0.5) is 0 Å². The SMILES string of the molecule is CCc1cc(S(N)(=O)=O)ccc1OCCNC(=O)c1cccs1. The van der Waals surface area contributed by atoms with Gasteiger partial charge in [0.05, 0.1) is 16.3 Å². The summed E-state index contributed by atoms with van der Waals surface area (Å²) in [4.78, 5) is 12.5. The molecular weight excluding hydrogens is 336 g/mol. The predicted octanol–water partition coefficient (Wildman–Crippen LogP) is 1.77. The Morgan fingerprint density at radius 3 is 2.74 bits per heavy atom. The van der Waals surface area contributed by atoms with Crippen LogP contribution in [0.5, 0.6) is 5.75 Å². The predicted molar refractivity (Wildman–Crippen MR) is 89.3 cm³/mol. The fourth-order valence-corrected chi connectivity index (χ4v) is 3.17. The van der Waals surface area contributed by atoms with Gasteiger partial charge in [0.1, 0.15) is 12.4 Å². The molecule has 0 saturated heterocycles. The Labute approximate surface area is 139 Å². The summed E-state index contributed by atoms with van der Waals surface area (Å²) in [5, 5.41) is 9.71. The van der Waals surface area contributed by atoms with Crippen LogP contribution in [0.25, 0.3) is 0 Å². The molecule has 0 aliphatic rings. The van der Waals surface area contributed by atoms with E-state index in [-0.39, 0.29) is 10.8 Å². The number of primary sulfonamides is 1. The molecule has 1 heterocycles. The summed E-state index contributed by atoms with van der Waals surface area (Å²) in [6.45, 7) is 2.54. The minimum absolute atomic E-state index is 0.0627. The van der Waals surface area contributed by atoms with E-state index in [1.54, 1.807) is 12.1 Å². The van der Waals surface area contributed by atoms with E-state index < -0.39 is 10.0 Å². The van der Waals surface area contributed by atoms with Crippen molar-refractivity contribution in [3.63, 3.8) is 0 Å². The lowest BCUT2D eigenvalue weighted by Gasteiger charge is -2.12. The summed E-state index contributed by atoms with van der Waals surface area (Å²) in [5.74, 6) is 0.453. The van der Waals surface area contributed by atoms with Crippen LogP contribution in [0, 0.1) is 0 Å². The first-order valence-electron chi connectivity index (χ1n) is 7.02. The molecule has 2 aromatic rings. The Morgan fingerprint density at radius 1 is 1.35 bits per heavy atom. The minimum Gasteiger partial charge on any atom is -0.491 e. The molecule has 0 fully saturated rings. The number of benzene rings is 1. The van der Waals surface area contributed by atoms with Crippen molar-refractivity contribution in [3.05, 3.63) is 46.2 Å². The molecule has 3 N–H and O–H groups in total. The highest BCUT2D eigenvalue weighted by Crippen LogP contribution is 2.22. The van der Waals surface area contributed by atoms with E-state index in [1.807, 2.05) is 18.4 Å². The number of carbonyl (C=O) groups excluding carboxylic acids is 1. The monoisotopic (exact) mass is 354 g/mol. The number of hydrogen-bond acceptors (Lipinski definition) is 5. The van der Waals surface area contributed by atoms with Gasteiger partial charge in [0.2, 0.25) is 10.0 Å². The third kappa shape index (κ3) is 4.78. The Balaban J connectivity index is 1.92. The molecule has 1 amide bonds. The van der Waals surface area contributed by atoms with Crippen molar-refractivity contribution in [2.24, 2.45) is 5.14 Å². The van der Waals surface area contributed by atoms with Crippen molar-refractivity contribution in [3.8, 4) is 5.75 Å². The summed E-state index contributed by atoms with van der Waals surface area (Å²) in [7, 11) is -3.73. The minimum atomic E-state index is -3.73. The van der Waals surface area contributed by atoms with Crippen molar-refractivity contribution < 1.29 is 17.9 Å².